The minimum Gasteiger partial charge on any atom is -0.491 e. The van der Waals surface area contributed by atoms with Crippen LogP contribution in [0, 0.1) is 13.8 Å². The highest BCUT2D eigenvalue weighted by Crippen LogP contribution is 2.23. The average molecular weight is 336 g/mol. The Kier molecular flexibility index (Phi) is 5.63. The lowest BCUT2D eigenvalue weighted by atomic mass is 10.1. The quantitative estimate of drug-likeness (QED) is 0.574. The van der Waals surface area contributed by atoms with Crippen LogP contribution in [0.3, 0.4) is 0 Å². The molecule has 0 aliphatic carbocycles. The van der Waals surface area contributed by atoms with Gasteiger partial charge in [-0.25, -0.2) is 0 Å². The van der Waals surface area contributed by atoms with E-state index in [0.29, 0.717) is 24.7 Å². The van der Waals surface area contributed by atoms with Crippen molar-refractivity contribution in [2.75, 3.05) is 20.3 Å². The zero-order chi connectivity index (χ0) is 16.9. The lowest BCUT2D eigenvalue weighted by Crippen LogP contribution is -2.10. The van der Waals surface area contributed by atoms with E-state index in [4.69, 9.17) is 13.7 Å². The molecule has 23 heavy (non-hydrogen) atoms. The average Bonchev–Trinajstić information content (AvgIpc) is 2.46. The SMILES string of the molecule is COCCOc1ccc(S(=O)(=O)Oc2cc(C)cc(C)c2)cc1. The summed E-state index contributed by atoms with van der Waals surface area (Å²) < 4.78 is 40.1. The predicted molar refractivity (Wildman–Crippen MR) is 87.5 cm³/mol. The standard InChI is InChI=1S/C17H20O5S/c1-13-10-14(2)12-16(11-13)22-23(18,19)17-6-4-15(5-7-17)21-9-8-20-3/h4-7,10-12H,8-9H2,1-3H3. The second kappa shape index (κ2) is 7.48. The lowest BCUT2D eigenvalue weighted by molar-refractivity contribution is 0.146. The third-order valence-electron chi connectivity index (χ3n) is 3.07. The van der Waals surface area contributed by atoms with Gasteiger partial charge in [-0.3, -0.25) is 0 Å². The van der Waals surface area contributed by atoms with E-state index in [1.165, 1.54) is 12.1 Å². The van der Waals surface area contributed by atoms with Crippen LogP contribution in [0.15, 0.2) is 47.4 Å². The molecule has 124 valence electrons. The number of rotatable bonds is 7. The molecule has 0 spiro atoms. The molecule has 2 rings (SSSR count). The first kappa shape index (κ1) is 17.3. The Morgan fingerprint density at radius 1 is 0.870 bits per heavy atom. The number of aryl methyl sites for hydroxylation is 2. The van der Waals surface area contributed by atoms with Gasteiger partial charge in [0.1, 0.15) is 23.0 Å². The molecule has 0 N–H and O–H groups in total. The molecule has 0 saturated carbocycles. The summed E-state index contributed by atoms with van der Waals surface area (Å²) in [7, 11) is -2.28. The van der Waals surface area contributed by atoms with E-state index in [9.17, 15) is 8.42 Å². The van der Waals surface area contributed by atoms with Gasteiger partial charge >= 0.3 is 10.1 Å². The molecule has 0 aliphatic rings. The molecule has 0 bridgehead atoms. The normalized spacial score (nSPS) is 11.3. The molecule has 0 fully saturated rings. The molecular weight excluding hydrogens is 316 g/mol. The van der Waals surface area contributed by atoms with Crippen LogP contribution < -0.4 is 8.92 Å². The minimum absolute atomic E-state index is 0.0794. The molecule has 0 amide bonds. The van der Waals surface area contributed by atoms with Gasteiger partial charge in [-0.2, -0.15) is 8.42 Å². The van der Waals surface area contributed by atoms with Crippen LogP contribution in [0.25, 0.3) is 0 Å². The van der Waals surface area contributed by atoms with E-state index in [-0.39, 0.29) is 4.90 Å². The van der Waals surface area contributed by atoms with Crippen LogP contribution in [0.1, 0.15) is 11.1 Å². The maximum atomic E-state index is 12.3. The summed E-state index contributed by atoms with van der Waals surface area (Å²) in [6.07, 6.45) is 0. The van der Waals surface area contributed by atoms with Crippen LogP contribution in [0.4, 0.5) is 0 Å². The summed E-state index contributed by atoms with van der Waals surface area (Å²) in [6.45, 7) is 4.65. The molecule has 0 heterocycles. The minimum atomic E-state index is -3.87. The molecule has 2 aromatic rings. The maximum Gasteiger partial charge on any atom is 0.339 e. The lowest BCUT2D eigenvalue weighted by Gasteiger charge is -2.10. The van der Waals surface area contributed by atoms with Gasteiger partial charge in [0, 0.05) is 7.11 Å². The highest BCUT2D eigenvalue weighted by Gasteiger charge is 2.17. The van der Waals surface area contributed by atoms with Crippen LogP contribution in [0.5, 0.6) is 11.5 Å². The Balaban J connectivity index is 2.12. The summed E-state index contributed by atoms with van der Waals surface area (Å²) in [4.78, 5) is 0.0794. The molecule has 2 aromatic carbocycles. The maximum absolute atomic E-state index is 12.3. The third-order valence-corrected chi connectivity index (χ3v) is 4.33. The summed E-state index contributed by atoms with van der Waals surface area (Å²) in [5.41, 5.74) is 1.88. The van der Waals surface area contributed by atoms with Gasteiger partial charge in [0.15, 0.2) is 0 Å². The summed E-state index contributed by atoms with van der Waals surface area (Å²) in [5, 5.41) is 0. The molecule has 0 atom stereocenters. The van der Waals surface area contributed by atoms with E-state index in [1.807, 2.05) is 19.9 Å². The third kappa shape index (κ3) is 4.97. The van der Waals surface area contributed by atoms with Gasteiger partial charge < -0.3 is 13.7 Å². The topological polar surface area (TPSA) is 61.8 Å². The van der Waals surface area contributed by atoms with Gasteiger partial charge in [-0.15, -0.1) is 0 Å². The second-order valence-corrected chi connectivity index (χ2v) is 6.72. The highest BCUT2D eigenvalue weighted by molar-refractivity contribution is 7.87. The summed E-state index contributed by atoms with van der Waals surface area (Å²) in [5.74, 6) is 0.885. The fourth-order valence-corrected chi connectivity index (χ4v) is 3.02. The van der Waals surface area contributed by atoms with Crippen LogP contribution in [-0.2, 0) is 14.9 Å². The van der Waals surface area contributed by atoms with Crippen molar-refractivity contribution in [3.05, 3.63) is 53.6 Å². The molecule has 5 nitrogen and oxygen atoms in total. The van der Waals surface area contributed by atoms with Crippen molar-refractivity contribution in [2.45, 2.75) is 18.7 Å². The smallest absolute Gasteiger partial charge is 0.339 e. The molecular formula is C17H20O5S. The van der Waals surface area contributed by atoms with E-state index in [1.54, 1.807) is 31.4 Å². The van der Waals surface area contributed by atoms with Gasteiger partial charge in [-0.05, 0) is 61.4 Å². The van der Waals surface area contributed by atoms with Gasteiger partial charge in [0.05, 0.1) is 6.61 Å². The second-order valence-electron chi connectivity index (χ2n) is 5.17. The van der Waals surface area contributed by atoms with Crippen molar-refractivity contribution in [3.8, 4) is 11.5 Å². The molecule has 0 aromatic heterocycles. The Bertz CT molecular complexity index is 731. The van der Waals surface area contributed by atoms with Gasteiger partial charge in [-0.1, -0.05) is 6.07 Å². The predicted octanol–water partition coefficient (Wildman–Crippen LogP) is 3.10. The largest absolute Gasteiger partial charge is 0.491 e. The van der Waals surface area contributed by atoms with Crippen LogP contribution in [-0.4, -0.2) is 28.7 Å². The summed E-state index contributed by atoms with van der Waals surface area (Å²) in [6, 6.07) is 11.4. The van der Waals surface area contributed by atoms with Crippen LogP contribution in [0.2, 0.25) is 0 Å². The fourth-order valence-electron chi connectivity index (χ4n) is 2.10. The van der Waals surface area contributed by atoms with E-state index >= 15 is 0 Å². The first-order valence-corrected chi connectivity index (χ1v) is 8.56. The Morgan fingerprint density at radius 2 is 1.48 bits per heavy atom. The van der Waals surface area contributed by atoms with Crippen molar-refractivity contribution >= 4 is 10.1 Å². The van der Waals surface area contributed by atoms with Crippen molar-refractivity contribution in [3.63, 3.8) is 0 Å². The number of hydrogen-bond donors (Lipinski definition) is 0. The van der Waals surface area contributed by atoms with Crippen molar-refractivity contribution in [1.29, 1.82) is 0 Å². The number of benzene rings is 2. The van der Waals surface area contributed by atoms with Crippen LogP contribution >= 0.6 is 0 Å². The summed E-state index contributed by atoms with van der Waals surface area (Å²) >= 11 is 0. The monoisotopic (exact) mass is 336 g/mol. The van der Waals surface area contributed by atoms with E-state index in [0.717, 1.165) is 11.1 Å². The highest BCUT2D eigenvalue weighted by atomic mass is 32.2. The number of hydrogen-bond acceptors (Lipinski definition) is 5. The zero-order valence-electron chi connectivity index (χ0n) is 13.4. The van der Waals surface area contributed by atoms with E-state index < -0.39 is 10.1 Å². The fraction of sp³-hybridized carbons (Fsp3) is 0.294. The molecule has 0 radical (unpaired) electrons. The number of ether oxygens (including phenoxy) is 2. The van der Waals surface area contributed by atoms with Crippen molar-refractivity contribution < 1.29 is 22.1 Å². The Labute approximate surface area is 136 Å². The van der Waals surface area contributed by atoms with Gasteiger partial charge in [0.25, 0.3) is 0 Å². The molecule has 6 heteroatoms. The Hall–Kier alpha value is -2.05. The van der Waals surface area contributed by atoms with E-state index in [2.05, 4.69) is 0 Å². The zero-order valence-corrected chi connectivity index (χ0v) is 14.2. The molecule has 0 unspecified atom stereocenters. The molecule has 0 aliphatic heterocycles. The van der Waals surface area contributed by atoms with Crippen molar-refractivity contribution in [2.24, 2.45) is 0 Å². The van der Waals surface area contributed by atoms with Crippen molar-refractivity contribution in [1.82, 2.24) is 0 Å². The van der Waals surface area contributed by atoms with Gasteiger partial charge in [0.2, 0.25) is 0 Å². The number of methoxy groups -OCH3 is 1. The first-order chi connectivity index (χ1) is 10.9. The first-order valence-electron chi connectivity index (χ1n) is 7.15. The Morgan fingerprint density at radius 3 is 2.04 bits per heavy atom. The molecule has 0 saturated heterocycles.